The summed E-state index contributed by atoms with van der Waals surface area (Å²) < 4.78 is 6.46. The van der Waals surface area contributed by atoms with E-state index in [4.69, 9.17) is 16.3 Å². The zero-order valence-electron chi connectivity index (χ0n) is 15.3. The van der Waals surface area contributed by atoms with Gasteiger partial charge in [-0.2, -0.15) is 0 Å². The number of piperazine rings is 1. The molecule has 3 rings (SSSR count). The van der Waals surface area contributed by atoms with Crippen LogP contribution in [0.3, 0.4) is 0 Å². The normalized spacial score (nSPS) is 14.9. The van der Waals surface area contributed by atoms with Crippen molar-refractivity contribution in [1.82, 2.24) is 9.88 Å². The lowest BCUT2D eigenvalue weighted by Gasteiger charge is -2.33. The van der Waals surface area contributed by atoms with E-state index >= 15 is 0 Å². The minimum Gasteiger partial charge on any atom is -0.482 e. The van der Waals surface area contributed by atoms with E-state index in [1.807, 2.05) is 25.1 Å². The maximum atomic E-state index is 12.2. The average molecular weight is 454 g/mol. The molecule has 1 aliphatic rings. The standard InChI is InChI=1S/C19H22BrClN4O2/c1-13-9-14(20)10-16(21)19(13)27-12-18(26)23-15-3-4-17(22-11-15)25-7-5-24(2)6-8-25/h3-4,9-11H,5-8,12H2,1-2H3,(H,23,26). The summed E-state index contributed by atoms with van der Waals surface area (Å²) in [5.74, 6) is 1.18. The third-order valence-corrected chi connectivity index (χ3v) is 5.14. The number of nitrogens with zero attached hydrogens (tertiary/aromatic N) is 3. The van der Waals surface area contributed by atoms with Gasteiger partial charge in [-0.05, 0) is 43.8 Å². The van der Waals surface area contributed by atoms with Crippen LogP contribution in [0.1, 0.15) is 5.56 Å². The first-order valence-corrected chi connectivity index (χ1v) is 9.87. The number of aromatic nitrogens is 1. The molecule has 2 aromatic rings. The number of pyridine rings is 1. The molecule has 2 heterocycles. The third kappa shape index (κ3) is 5.34. The Balaban J connectivity index is 1.54. The van der Waals surface area contributed by atoms with Gasteiger partial charge in [-0.1, -0.05) is 27.5 Å². The number of carbonyl (C=O) groups excluding carboxylic acids is 1. The smallest absolute Gasteiger partial charge is 0.262 e. The summed E-state index contributed by atoms with van der Waals surface area (Å²) in [6.45, 7) is 5.71. The van der Waals surface area contributed by atoms with E-state index in [0.717, 1.165) is 42.0 Å². The zero-order valence-corrected chi connectivity index (χ0v) is 17.7. The number of benzene rings is 1. The summed E-state index contributed by atoms with van der Waals surface area (Å²) in [6, 6.07) is 7.41. The molecule has 1 saturated heterocycles. The van der Waals surface area contributed by atoms with E-state index in [9.17, 15) is 4.79 Å². The maximum Gasteiger partial charge on any atom is 0.262 e. The molecule has 0 atom stereocenters. The van der Waals surface area contributed by atoms with Crippen molar-refractivity contribution in [2.75, 3.05) is 50.1 Å². The Kier molecular flexibility index (Phi) is 6.57. The highest BCUT2D eigenvalue weighted by Gasteiger charge is 2.15. The fourth-order valence-corrected chi connectivity index (χ4v) is 3.91. The van der Waals surface area contributed by atoms with Crippen LogP contribution in [0.5, 0.6) is 5.75 Å². The molecule has 0 spiro atoms. The van der Waals surface area contributed by atoms with Crippen molar-refractivity contribution in [3.63, 3.8) is 0 Å². The fraction of sp³-hybridized carbons (Fsp3) is 0.368. The number of halogens is 2. The summed E-state index contributed by atoms with van der Waals surface area (Å²) in [5, 5.41) is 3.26. The molecule has 0 aliphatic carbocycles. The molecule has 0 bridgehead atoms. The quantitative estimate of drug-likeness (QED) is 0.750. The van der Waals surface area contributed by atoms with Gasteiger partial charge in [0.2, 0.25) is 0 Å². The van der Waals surface area contributed by atoms with Crippen LogP contribution in [0, 0.1) is 6.92 Å². The van der Waals surface area contributed by atoms with Gasteiger partial charge in [0.05, 0.1) is 16.9 Å². The van der Waals surface area contributed by atoms with Gasteiger partial charge in [-0.3, -0.25) is 4.79 Å². The summed E-state index contributed by atoms with van der Waals surface area (Å²) in [5.41, 5.74) is 1.50. The molecule has 1 amide bonds. The van der Waals surface area contributed by atoms with Crippen molar-refractivity contribution >= 4 is 44.9 Å². The average Bonchev–Trinajstić information content (AvgIpc) is 2.62. The minimum absolute atomic E-state index is 0.123. The molecule has 1 aromatic carbocycles. The van der Waals surface area contributed by atoms with Crippen LogP contribution >= 0.6 is 27.5 Å². The first-order chi connectivity index (χ1) is 12.9. The van der Waals surface area contributed by atoms with Gasteiger partial charge >= 0.3 is 0 Å². The first-order valence-electron chi connectivity index (χ1n) is 8.70. The minimum atomic E-state index is -0.262. The van der Waals surface area contributed by atoms with Gasteiger partial charge in [-0.15, -0.1) is 0 Å². The second kappa shape index (κ2) is 8.91. The highest BCUT2D eigenvalue weighted by Crippen LogP contribution is 2.31. The number of ether oxygens (including phenoxy) is 1. The summed E-state index contributed by atoms with van der Waals surface area (Å²) >= 11 is 9.55. The lowest BCUT2D eigenvalue weighted by atomic mass is 10.2. The number of amides is 1. The second-order valence-corrected chi connectivity index (χ2v) is 7.89. The van der Waals surface area contributed by atoms with Crippen molar-refractivity contribution in [2.24, 2.45) is 0 Å². The van der Waals surface area contributed by atoms with Gasteiger partial charge in [0.25, 0.3) is 5.91 Å². The van der Waals surface area contributed by atoms with Crippen LogP contribution in [0.15, 0.2) is 34.9 Å². The van der Waals surface area contributed by atoms with Crippen LogP contribution in [-0.4, -0.2) is 55.6 Å². The van der Waals surface area contributed by atoms with Gasteiger partial charge in [0.1, 0.15) is 11.6 Å². The van der Waals surface area contributed by atoms with E-state index < -0.39 is 0 Å². The van der Waals surface area contributed by atoms with Crippen LogP contribution in [0.2, 0.25) is 5.02 Å². The third-order valence-electron chi connectivity index (χ3n) is 4.40. The Morgan fingerprint density at radius 2 is 2.04 bits per heavy atom. The fourth-order valence-electron chi connectivity index (χ4n) is 2.89. The van der Waals surface area contributed by atoms with E-state index in [1.54, 1.807) is 12.3 Å². The lowest BCUT2D eigenvalue weighted by Crippen LogP contribution is -2.44. The number of anilines is 2. The molecule has 6 nitrogen and oxygen atoms in total. The zero-order chi connectivity index (χ0) is 19.4. The molecule has 1 N–H and O–H groups in total. The van der Waals surface area contributed by atoms with Crippen molar-refractivity contribution in [2.45, 2.75) is 6.92 Å². The molecule has 0 unspecified atom stereocenters. The lowest BCUT2D eigenvalue weighted by molar-refractivity contribution is -0.118. The molecule has 1 fully saturated rings. The summed E-state index contributed by atoms with van der Waals surface area (Å²) in [6.07, 6.45) is 1.67. The van der Waals surface area contributed by atoms with Gasteiger partial charge in [0, 0.05) is 30.7 Å². The molecular weight excluding hydrogens is 432 g/mol. The Morgan fingerprint density at radius 1 is 1.30 bits per heavy atom. The predicted molar refractivity (Wildman–Crippen MR) is 112 cm³/mol. The predicted octanol–water partition coefficient (Wildman–Crippen LogP) is 3.58. The van der Waals surface area contributed by atoms with Crippen molar-refractivity contribution in [1.29, 1.82) is 0 Å². The SMILES string of the molecule is Cc1cc(Br)cc(Cl)c1OCC(=O)Nc1ccc(N2CCN(C)CC2)nc1. The topological polar surface area (TPSA) is 57.7 Å². The number of likely N-dealkylation sites (N-methyl/N-ethyl adjacent to an activating group) is 1. The molecule has 8 heteroatoms. The van der Waals surface area contributed by atoms with Crippen LogP contribution < -0.4 is 15.0 Å². The highest BCUT2D eigenvalue weighted by atomic mass is 79.9. The Morgan fingerprint density at radius 3 is 2.67 bits per heavy atom. The van der Waals surface area contributed by atoms with E-state index in [0.29, 0.717) is 16.5 Å². The molecule has 1 aliphatic heterocycles. The van der Waals surface area contributed by atoms with Gasteiger partial charge < -0.3 is 19.9 Å². The Bertz CT molecular complexity index is 785. The van der Waals surface area contributed by atoms with E-state index in [2.05, 4.69) is 43.1 Å². The van der Waals surface area contributed by atoms with Crippen LogP contribution in [-0.2, 0) is 4.79 Å². The van der Waals surface area contributed by atoms with E-state index in [1.165, 1.54) is 0 Å². The molecule has 0 saturated carbocycles. The number of rotatable bonds is 5. The van der Waals surface area contributed by atoms with Crippen molar-refractivity contribution in [3.8, 4) is 5.75 Å². The molecular formula is C19H22BrClN4O2. The number of aryl methyl sites for hydroxylation is 1. The molecule has 144 valence electrons. The van der Waals surface area contributed by atoms with E-state index in [-0.39, 0.29) is 12.5 Å². The number of carbonyl (C=O) groups is 1. The Hall–Kier alpha value is -1.83. The summed E-state index contributed by atoms with van der Waals surface area (Å²) in [4.78, 5) is 21.2. The largest absolute Gasteiger partial charge is 0.482 e. The number of hydrogen-bond donors (Lipinski definition) is 1. The Labute approximate surface area is 172 Å². The molecule has 27 heavy (non-hydrogen) atoms. The van der Waals surface area contributed by atoms with Crippen molar-refractivity contribution in [3.05, 3.63) is 45.5 Å². The summed E-state index contributed by atoms with van der Waals surface area (Å²) in [7, 11) is 2.12. The maximum absolute atomic E-state index is 12.2. The molecule has 1 aromatic heterocycles. The molecule has 0 radical (unpaired) electrons. The monoisotopic (exact) mass is 452 g/mol. The second-order valence-electron chi connectivity index (χ2n) is 6.57. The van der Waals surface area contributed by atoms with Gasteiger partial charge in [0.15, 0.2) is 6.61 Å². The first kappa shape index (κ1) is 19.9. The van der Waals surface area contributed by atoms with Crippen molar-refractivity contribution < 1.29 is 9.53 Å². The highest BCUT2D eigenvalue weighted by molar-refractivity contribution is 9.10. The van der Waals surface area contributed by atoms with Gasteiger partial charge in [-0.25, -0.2) is 4.98 Å². The number of hydrogen-bond acceptors (Lipinski definition) is 5. The number of nitrogens with one attached hydrogen (secondary N) is 1. The van der Waals surface area contributed by atoms with Crippen LogP contribution in [0.25, 0.3) is 0 Å². The van der Waals surface area contributed by atoms with Crippen LogP contribution in [0.4, 0.5) is 11.5 Å².